The fourth-order valence-corrected chi connectivity index (χ4v) is 2.70. The second-order valence-electron chi connectivity index (χ2n) is 5.74. The van der Waals surface area contributed by atoms with Gasteiger partial charge in [-0.2, -0.15) is 0 Å². The van der Waals surface area contributed by atoms with Crippen LogP contribution in [0.3, 0.4) is 0 Å². The Hall–Kier alpha value is 0. The topological polar surface area (TPSA) is 0 Å². The minimum absolute atomic E-state index is 0.673. The summed E-state index contributed by atoms with van der Waals surface area (Å²) in [6, 6.07) is 0. The van der Waals surface area contributed by atoms with Gasteiger partial charge in [0.15, 0.2) is 0 Å². The van der Waals surface area contributed by atoms with Crippen molar-refractivity contribution in [2.75, 3.05) is 0 Å². The molecule has 1 rings (SSSR count). The highest BCUT2D eigenvalue weighted by Gasteiger charge is 2.43. The van der Waals surface area contributed by atoms with Crippen LogP contribution in [0, 0.1) is 23.2 Å². The van der Waals surface area contributed by atoms with E-state index in [9.17, 15) is 0 Å². The lowest BCUT2D eigenvalue weighted by Gasteiger charge is -2.51. The molecule has 0 nitrogen and oxygen atoms in total. The van der Waals surface area contributed by atoms with Crippen LogP contribution >= 0.6 is 0 Å². The fraction of sp³-hybridized carbons (Fsp3) is 1.00. The van der Waals surface area contributed by atoms with Gasteiger partial charge in [0.05, 0.1) is 0 Å². The molecule has 0 radical (unpaired) electrons. The summed E-state index contributed by atoms with van der Waals surface area (Å²) in [6.45, 7) is 12.0. The third-order valence-electron chi connectivity index (χ3n) is 4.40. The van der Waals surface area contributed by atoms with Gasteiger partial charge >= 0.3 is 0 Å². The summed E-state index contributed by atoms with van der Waals surface area (Å²) >= 11 is 0. The largest absolute Gasteiger partial charge is 0.0654 e. The summed E-state index contributed by atoms with van der Waals surface area (Å²) in [5.74, 6) is 2.88. The predicted octanol–water partition coefficient (Wildman–Crippen LogP) is 4.49. The van der Waals surface area contributed by atoms with Crippen molar-refractivity contribution in [3.05, 3.63) is 0 Å². The Balaban J connectivity index is 2.32. The summed E-state index contributed by atoms with van der Waals surface area (Å²) in [5, 5.41) is 0. The van der Waals surface area contributed by atoms with Gasteiger partial charge in [0.1, 0.15) is 0 Å². The van der Waals surface area contributed by atoms with E-state index in [-0.39, 0.29) is 0 Å². The van der Waals surface area contributed by atoms with E-state index >= 15 is 0 Å². The Morgan fingerprint density at radius 2 is 1.77 bits per heavy atom. The third kappa shape index (κ3) is 2.27. The first-order chi connectivity index (χ1) is 5.99. The fourth-order valence-electron chi connectivity index (χ4n) is 2.70. The molecule has 0 N–H and O–H groups in total. The summed E-state index contributed by atoms with van der Waals surface area (Å²) in [5.41, 5.74) is 0.673. The van der Waals surface area contributed by atoms with Gasteiger partial charge in [-0.1, -0.05) is 47.5 Å². The minimum atomic E-state index is 0.673. The van der Waals surface area contributed by atoms with Crippen LogP contribution in [0.15, 0.2) is 0 Å². The molecular weight excluding hydrogens is 156 g/mol. The van der Waals surface area contributed by atoms with Gasteiger partial charge in [0.2, 0.25) is 0 Å². The molecule has 0 aromatic heterocycles. The van der Waals surface area contributed by atoms with Crippen LogP contribution in [-0.2, 0) is 0 Å². The van der Waals surface area contributed by atoms with Crippen LogP contribution in [0.25, 0.3) is 0 Å². The van der Waals surface area contributed by atoms with Crippen LogP contribution < -0.4 is 0 Å². The maximum absolute atomic E-state index is 2.47. The van der Waals surface area contributed by atoms with Crippen molar-refractivity contribution >= 4 is 0 Å². The molecule has 0 saturated heterocycles. The summed E-state index contributed by atoms with van der Waals surface area (Å²) in [7, 11) is 0. The van der Waals surface area contributed by atoms with Crippen LogP contribution in [0.4, 0.5) is 0 Å². The van der Waals surface area contributed by atoms with Gasteiger partial charge in [-0.3, -0.25) is 0 Å². The van der Waals surface area contributed by atoms with E-state index in [2.05, 4.69) is 34.6 Å². The lowest BCUT2D eigenvalue weighted by molar-refractivity contribution is -0.00546. The number of hydrogen-bond acceptors (Lipinski definition) is 0. The first-order valence-electron chi connectivity index (χ1n) is 5.99. The van der Waals surface area contributed by atoms with Crippen LogP contribution in [0.2, 0.25) is 0 Å². The average Bonchev–Trinajstić information content (AvgIpc) is 1.98. The van der Waals surface area contributed by atoms with Crippen molar-refractivity contribution in [1.82, 2.24) is 0 Å². The van der Waals surface area contributed by atoms with Crippen LogP contribution in [0.1, 0.15) is 60.3 Å². The Morgan fingerprint density at radius 1 is 1.23 bits per heavy atom. The predicted molar refractivity (Wildman–Crippen MR) is 59.7 cm³/mol. The molecule has 0 aromatic carbocycles. The quantitative estimate of drug-likeness (QED) is 0.600. The third-order valence-corrected chi connectivity index (χ3v) is 4.40. The molecule has 0 aromatic rings. The molecule has 1 aliphatic carbocycles. The molecule has 78 valence electrons. The van der Waals surface area contributed by atoms with Crippen molar-refractivity contribution in [3.8, 4) is 0 Å². The molecule has 0 amide bonds. The molecule has 1 atom stereocenters. The van der Waals surface area contributed by atoms with E-state index in [1.54, 1.807) is 0 Å². The molecule has 0 spiro atoms. The molecule has 1 fully saturated rings. The van der Waals surface area contributed by atoms with Crippen molar-refractivity contribution in [3.63, 3.8) is 0 Å². The van der Waals surface area contributed by atoms with E-state index in [4.69, 9.17) is 0 Å². The van der Waals surface area contributed by atoms with Crippen molar-refractivity contribution < 1.29 is 0 Å². The SMILES string of the molecule is CCCC(C)C1CC(C)(C(C)C)C1. The highest BCUT2D eigenvalue weighted by molar-refractivity contribution is 4.93. The number of rotatable bonds is 4. The zero-order valence-electron chi connectivity index (χ0n) is 10.1. The summed E-state index contributed by atoms with van der Waals surface area (Å²) in [6.07, 6.45) is 5.74. The molecule has 1 saturated carbocycles. The first-order valence-corrected chi connectivity index (χ1v) is 5.99. The second-order valence-corrected chi connectivity index (χ2v) is 5.74. The first kappa shape index (κ1) is 11.1. The molecule has 1 unspecified atom stereocenters. The van der Waals surface area contributed by atoms with Gasteiger partial charge < -0.3 is 0 Å². The lowest BCUT2D eigenvalue weighted by Crippen LogP contribution is -2.41. The molecular formula is C13H26. The zero-order chi connectivity index (χ0) is 10.1. The van der Waals surface area contributed by atoms with E-state index in [1.165, 1.54) is 25.7 Å². The smallest absolute Gasteiger partial charge is 0.0297 e. The maximum atomic E-state index is 2.47. The monoisotopic (exact) mass is 182 g/mol. The molecule has 0 aliphatic heterocycles. The highest BCUT2D eigenvalue weighted by Crippen LogP contribution is 2.53. The van der Waals surface area contributed by atoms with E-state index in [0.717, 1.165) is 17.8 Å². The van der Waals surface area contributed by atoms with E-state index < -0.39 is 0 Å². The molecule has 0 heterocycles. The minimum Gasteiger partial charge on any atom is -0.0654 e. The van der Waals surface area contributed by atoms with Crippen LogP contribution in [0.5, 0.6) is 0 Å². The van der Waals surface area contributed by atoms with Crippen molar-refractivity contribution in [1.29, 1.82) is 0 Å². The number of hydrogen-bond donors (Lipinski definition) is 0. The standard InChI is InChI=1S/C13H26/c1-6-7-11(4)12-8-13(5,9-12)10(2)3/h10-12H,6-9H2,1-5H3. The Morgan fingerprint density at radius 3 is 2.15 bits per heavy atom. The Bertz CT molecular complexity index is 151. The van der Waals surface area contributed by atoms with Gasteiger partial charge in [-0.25, -0.2) is 0 Å². The van der Waals surface area contributed by atoms with Gasteiger partial charge in [0, 0.05) is 0 Å². The second kappa shape index (κ2) is 4.02. The molecule has 0 heteroatoms. The Labute approximate surface area is 84.1 Å². The summed E-state index contributed by atoms with van der Waals surface area (Å²) < 4.78 is 0. The Kier molecular flexibility index (Phi) is 3.43. The van der Waals surface area contributed by atoms with Crippen molar-refractivity contribution in [2.45, 2.75) is 60.3 Å². The zero-order valence-corrected chi connectivity index (χ0v) is 10.1. The normalized spacial score (nSPS) is 36.0. The average molecular weight is 182 g/mol. The van der Waals surface area contributed by atoms with Gasteiger partial charge in [0.25, 0.3) is 0 Å². The van der Waals surface area contributed by atoms with Gasteiger partial charge in [-0.05, 0) is 36.0 Å². The lowest BCUT2D eigenvalue weighted by atomic mass is 9.55. The van der Waals surface area contributed by atoms with E-state index in [0.29, 0.717) is 5.41 Å². The summed E-state index contributed by atoms with van der Waals surface area (Å²) in [4.78, 5) is 0. The highest BCUT2D eigenvalue weighted by atomic mass is 14.5. The van der Waals surface area contributed by atoms with E-state index in [1.807, 2.05) is 0 Å². The molecule has 0 bridgehead atoms. The molecule has 13 heavy (non-hydrogen) atoms. The van der Waals surface area contributed by atoms with Crippen LogP contribution in [-0.4, -0.2) is 0 Å². The maximum Gasteiger partial charge on any atom is -0.0297 e. The molecule has 1 aliphatic rings. The van der Waals surface area contributed by atoms with Crippen molar-refractivity contribution in [2.24, 2.45) is 23.2 Å². The van der Waals surface area contributed by atoms with Gasteiger partial charge in [-0.15, -0.1) is 0 Å².